The third kappa shape index (κ3) is 6.21. The first-order valence-electron chi connectivity index (χ1n) is 11.8. The summed E-state index contributed by atoms with van der Waals surface area (Å²) in [7, 11) is 3.06. The molecule has 188 valence electrons. The molecule has 0 saturated carbocycles. The van der Waals surface area contributed by atoms with Crippen molar-refractivity contribution in [2.24, 2.45) is 0 Å². The predicted octanol–water partition coefficient (Wildman–Crippen LogP) is 4.35. The van der Waals surface area contributed by atoms with Crippen molar-refractivity contribution in [1.29, 1.82) is 0 Å². The average molecular weight is 490 g/mol. The number of methoxy groups -OCH3 is 2. The van der Waals surface area contributed by atoms with Gasteiger partial charge in [-0.15, -0.1) is 0 Å². The van der Waals surface area contributed by atoms with Crippen LogP contribution in [-0.2, 0) is 11.3 Å². The van der Waals surface area contributed by atoms with Gasteiger partial charge in [-0.25, -0.2) is 0 Å². The fourth-order valence-electron chi connectivity index (χ4n) is 3.99. The standard InChI is InChI=1S/C28H31N3O5/c1-19-4-10-23(17-24(19)30-28(33)22-9-11-25(34-2)26(16-22)35-3)29-27(32)21-7-5-20(6-8-21)18-31-12-14-36-15-13-31/h4-11,16-17H,12-15,18H2,1-3H3,(H,29,32)(H,30,33). The summed E-state index contributed by atoms with van der Waals surface area (Å²) in [6.45, 7) is 6.08. The molecule has 1 fully saturated rings. The number of hydrogen-bond donors (Lipinski definition) is 2. The van der Waals surface area contributed by atoms with Gasteiger partial charge >= 0.3 is 0 Å². The van der Waals surface area contributed by atoms with Crippen LogP contribution in [-0.4, -0.2) is 57.2 Å². The van der Waals surface area contributed by atoms with E-state index < -0.39 is 0 Å². The Bertz CT molecular complexity index is 1220. The quantitative estimate of drug-likeness (QED) is 0.489. The van der Waals surface area contributed by atoms with Gasteiger partial charge in [0.15, 0.2) is 11.5 Å². The molecule has 1 heterocycles. The number of carbonyl (C=O) groups excluding carboxylic acids is 2. The molecule has 1 aliphatic heterocycles. The first kappa shape index (κ1) is 25.2. The van der Waals surface area contributed by atoms with E-state index in [0.29, 0.717) is 34.0 Å². The second-order valence-electron chi connectivity index (χ2n) is 8.59. The molecule has 8 heteroatoms. The van der Waals surface area contributed by atoms with E-state index in [1.54, 1.807) is 31.4 Å². The van der Waals surface area contributed by atoms with Crippen LogP contribution in [0.5, 0.6) is 11.5 Å². The molecule has 0 atom stereocenters. The van der Waals surface area contributed by atoms with Crippen molar-refractivity contribution in [1.82, 2.24) is 4.90 Å². The van der Waals surface area contributed by atoms with Crippen LogP contribution in [0.3, 0.4) is 0 Å². The van der Waals surface area contributed by atoms with Crippen LogP contribution in [0, 0.1) is 6.92 Å². The van der Waals surface area contributed by atoms with Crippen molar-refractivity contribution >= 4 is 23.2 Å². The first-order valence-corrected chi connectivity index (χ1v) is 11.8. The molecule has 0 radical (unpaired) electrons. The van der Waals surface area contributed by atoms with Gasteiger partial charge in [0.1, 0.15) is 0 Å². The van der Waals surface area contributed by atoms with E-state index in [-0.39, 0.29) is 11.8 Å². The lowest BCUT2D eigenvalue weighted by molar-refractivity contribution is 0.0342. The lowest BCUT2D eigenvalue weighted by Crippen LogP contribution is -2.35. The summed E-state index contributed by atoms with van der Waals surface area (Å²) < 4.78 is 15.9. The van der Waals surface area contributed by atoms with E-state index in [9.17, 15) is 9.59 Å². The fraction of sp³-hybridized carbons (Fsp3) is 0.286. The van der Waals surface area contributed by atoms with Crippen LogP contribution in [0.2, 0.25) is 0 Å². The number of hydrogen-bond acceptors (Lipinski definition) is 6. The summed E-state index contributed by atoms with van der Waals surface area (Å²) in [6, 6.07) is 18.0. The molecule has 0 aliphatic carbocycles. The third-order valence-corrected chi connectivity index (χ3v) is 6.12. The zero-order valence-electron chi connectivity index (χ0n) is 20.8. The number of aryl methyl sites for hydroxylation is 1. The summed E-state index contributed by atoms with van der Waals surface area (Å²) in [5.41, 5.74) is 4.22. The predicted molar refractivity (Wildman–Crippen MR) is 139 cm³/mol. The van der Waals surface area contributed by atoms with E-state index >= 15 is 0 Å². The second kappa shape index (κ2) is 11.7. The highest BCUT2D eigenvalue weighted by atomic mass is 16.5. The lowest BCUT2D eigenvalue weighted by Gasteiger charge is -2.26. The Labute approximate surface area is 211 Å². The smallest absolute Gasteiger partial charge is 0.255 e. The Kier molecular flexibility index (Phi) is 8.20. The highest BCUT2D eigenvalue weighted by Gasteiger charge is 2.14. The number of amides is 2. The minimum absolute atomic E-state index is 0.214. The van der Waals surface area contributed by atoms with Crippen molar-refractivity contribution in [3.63, 3.8) is 0 Å². The number of anilines is 2. The molecular weight excluding hydrogens is 458 g/mol. The molecule has 36 heavy (non-hydrogen) atoms. The molecular formula is C28H31N3O5. The van der Waals surface area contributed by atoms with Crippen molar-refractivity contribution in [2.75, 3.05) is 51.2 Å². The Morgan fingerprint density at radius 3 is 2.19 bits per heavy atom. The highest BCUT2D eigenvalue weighted by molar-refractivity contribution is 6.07. The van der Waals surface area contributed by atoms with Gasteiger partial charge in [-0.1, -0.05) is 18.2 Å². The molecule has 2 N–H and O–H groups in total. The van der Waals surface area contributed by atoms with E-state index in [1.165, 1.54) is 7.11 Å². The molecule has 3 aromatic carbocycles. The molecule has 1 aliphatic rings. The number of ether oxygens (including phenoxy) is 3. The van der Waals surface area contributed by atoms with Crippen LogP contribution in [0.15, 0.2) is 60.7 Å². The summed E-state index contributed by atoms with van der Waals surface area (Å²) in [6.07, 6.45) is 0. The van der Waals surface area contributed by atoms with Gasteiger partial charge in [0.05, 0.1) is 27.4 Å². The summed E-state index contributed by atoms with van der Waals surface area (Å²) in [4.78, 5) is 28.0. The number of morpholine rings is 1. The van der Waals surface area contributed by atoms with E-state index in [4.69, 9.17) is 14.2 Å². The van der Waals surface area contributed by atoms with Crippen LogP contribution in [0.25, 0.3) is 0 Å². The SMILES string of the molecule is COc1ccc(C(=O)Nc2cc(NC(=O)c3ccc(CN4CCOCC4)cc3)ccc2C)cc1OC. The van der Waals surface area contributed by atoms with Gasteiger partial charge in [0.2, 0.25) is 0 Å². The van der Waals surface area contributed by atoms with Crippen molar-refractivity contribution < 1.29 is 23.8 Å². The second-order valence-corrected chi connectivity index (χ2v) is 8.59. The van der Waals surface area contributed by atoms with Crippen LogP contribution < -0.4 is 20.1 Å². The van der Waals surface area contributed by atoms with Gasteiger partial charge in [0, 0.05) is 42.1 Å². The van der Waals surface area contributed by atoms with Gasteiger partial charge in [-0.05, 0) is 60.5 Å². The number of nitrogens with one attached hydrogen (secondary N) is 2. The molecule has 0 spiro atoms. The van der Waals surface area contributed by atoms with Gasteiger partial charge in [0.25, 0.3) is 11.8 Å². The average Bonchev–Trinajstić information content (AvgIpc) is 2.91. The van der Waals surface area contributed by atoms with E-state index in [1.807, 2.05) is 43.3 Å². The summed E-state index contributed by atoms with van der Waals surface area (Å²) in [5.74, 6) is 0.509. The van der Waals surface area contributed by atoms with Crippen LogP contribution in [0.4, 0.5) is 11.4 Å². The third-order valence-electron chi connectivity index (χ3n) is 6.12. The number of nitrogens with zero attached hydrogens (tertiary/aromatic N) is 1. The van der Waals surface area contributed by atoms with E-state index in [0.717, 1.165) is 44.0 Å². The Morgan fingerprint density at radius 1 is 0.833 bits per heavy atom. The number of rotatable bonds is 8. The summed E-state index contributed by atoms with van der Waals surface area (Å²) >= 11 is 0. The van der Waals surface area contributed by atoms with Crippen molar-refractivity contribution in [3.8, 4) is 11.5 Å². The molecule has 8 nitrogen and oxygen atoms in total. The monoisotopic (exact) mass is 489 g/mol. The van der Waals surface area contributed by atoms with E-state index in [2.05, 4.69) is 15.5 Å². The Hall–Kier alpha value is -3.88. The largest absolute Gasteiger partial charge is 0.493 e. The molecule has 2 amide bonds. The molecule has 3 aromatic rings. The van der Waals surface area contributed by atoms with Crippen molar-refractivity contribution in [2.45, 2.75) is 13.5 Å². The number of benzene rings is 3. The van der Waals surface area contributed by atoms with Crippen molar-refractivity contribution in [3.05, 3.63) is 82.9 Å². The maximum absolute atomic E-state index is 12.9. The molecule has 0 bridgehead atoms. The normalized spacial score (nSPS) is 13.6. The molecule has 1 saturated heterocycles. The summed E-state index contributed by atoms with van der Waals surface area (Å²) in [5, 5.41) is 5.83. The zero-order chi connectivity index (χ0) is 25.5. The molecule has 0 unspecified atom stereocenters. The molecule has 0 aromatic heterocycles. The van der Waals surface area contributed by atoms with Gasteiger partial charge < -0.3 is 24.8 Å². The minimum Gasteiger partial charge on any atom is -0.493 e. The Morgan fingerprint density at radius 2 is 1.50 bits per heavy atom. The zero-order valence-corrected chi connectivity index (χ0v) is 20.8. The van der Waals surface area contributed by atoms with Crippen LogP contribution in [0.1, 0.15) is 31.8 Å². The minimum atomic E-state index is -0.293. The highest BCUT2D eigenvalue weighted by Crippen LogP contribution is 2.28. The topological polar surface area (TPSA) is 89.1 Å². The first-order chi connectivity index (χ1) is 17.5. The molecule has 4 rings (SSSR count). The lowest BCUT2D eigenvalue weighted by atomic mass is 10.1. The fourth-order valence-corrected chi connectivity index (χ4v) is 3.99. The van der Waals surface area contributed by atoms with Gasteiger partial charge in [-0.2, -0.15) is 0 Å². The maximum atomic E-state index is 12.9. The number of carbonyl (C=O) groups is 2. The van der Waals surface area contributed by atoms with Crippen LogP contribution >= 0.6 is 0 Å². The van der Waals surface area contributed by atoms with Gasteiger partial charge in [-0.3, -0.25) is 14.5 Å². The Balaban J connectivity index is 1.41. The maximum Gasteiger partial charge on any atom is 0.255 e.